The van der Waals surface area contributed by atoms with Crippen molar-refractivity contribution in [2.24, 2.45) is 0 Å². The third-order valence-electron chi connectivity index (χ3n) is 3.66. The lowest BCUT2D eigenvalue weighted by Gasteiger charge is -2.28. The number of likely N-dealkylation sites (tertiary alicyclic amines) is 1. The van der Waals surface area contributed by atoms with Crippen LogP contribution in [0.3, 0.4) is 0 Å². The van der Waals surface area contributed by atoms with Crippen molar-refractivity contribution in [2.45, 2.75) is 32.7 Å². The molecule has 0 spiro atoms. The van der Waals surface area contributed by atoms with Gasteiger partial charge in [0.2, 0.25) is 0 Å². The molecule has 19 heavy (non-hydrogen) atoms. The first kappa shape index (κ1) is 13.8. The highest BCUT2D eigenvalue weighted by molar-refractivity contribution is 5.80. The van der Waals surface area contributed by atoms with Crippen LogP contribution in [0, 0.1) is 0 Å². The molecule has 3 nitrogen and oxygen atoms in total. The molecule has 0 aromatic heterocycles. The summed E-state index contributed by atoms with van der Waals surface area (Å²) in [6.45, 7) is 5.03. The van der Waals surface area contributed by atoms with Gasteiger partial charge in [0.25, 0.3) is 0 Å². The van der Waals surface area contributed by atoms with E-state index in [1.54, 1.807) is 0 Å². The molecule has 0 bridgehead atoms. The molecule has 0 aliphatic carbocycles. The Morgan fingerprint density at radius 1 is 1.21 bits per heavy atom. The number of rotatable bonds is 4. The van der Waals surface area contributed by atoms with E-state index >= 15 is 0 Å². The Balaban J connectivity index is 1.86. The highest BCUT2D eigenvalue weighted by Gasteiger charge is 2.14. The quantitative estimate of drug-likeness (QED) is 0.845. The van der Waals surface area contributed by atoms with E-state index in [0.717, 1.165) is 44.5 Å². The lowest BCUT2D eigenvalue weighted by Crippen LogP contribution is -2.30. The topological polar surface area (TPSA) is 40.5 Å². The van der Waals surface area contributed by atoms with E-state index in [-0.39, 0.29) is 0 Å². The number of piperidine rings is 1. The highest BCUT2D eigenvalue weighted by Crippen LogP contribution is 2.18. The van der Waals surface area contributed by atoms with Crippen LogP contribution in [-0.4, -0.2) is 29.1 Å². The minimum absolute atomic E-state index is 0.821. The summed E-state index contributed by atoms with van der Waals surface area (Å²) in [4.78, 5) is 13.0. The molecule has 0 unspecified atom stereocenters. The van der Waals surface area contributed by atoms with Gasteiger partial charge in [-0.05, 0) is 30.4 Å². The molecule has 3 heteroatoms. The third kappa shape index (κ3) is 4.21. The molecular formula is C16H21NO2. The average Bonchev–Trinajstić information content (AvgIpc) is 2.41. The maximum atomic E-state index is 10.6. The number of hydrogen-bond acceptors (Lipinski definition) is 2. The summed E-state index contributed by atoms with van der Waals surface area (Å²) in [6, 6.07) is 8.77. The van der Waals surface area contributed by atoms with Crippen molar-refractivity contribution < 1.29 is 9.90 Å². The molecule has 1 heterocycles. The second kappa shape index (κ2) is 6.53. The Hall–Kier alpha value is -1.61. The average molecular weight is 259 g/mol. The normalized spacial score (nSPS) is 16.4. The number of hydrogen-bond donors (Lipinski definition) is 1. The Morgan fingerprint density at radius 2 is 1.79 bits per heavy atom. The van der Waals surface area contributed by atoms with Crippen LogP contribution < -0.4 is 0 Å². The minimum Gasteiger partial charge on any atom is -0.478 e. The van der Waals surface area contributed by atoms with Crippen molar-refractivity contribution >= 4 is 5.97 Å². The third-order valence-corrected chi connectivity index (χ3v) is 3.66. The van der Waals surface area contributed by atoms with Gasteiger partial charge in [-0.15, -0.1) is 0 Å². The van der Waals surface area contributed by atoms with Crippen LogP contribution in [0.15, 0.2) is 35.9 Å². The molecule has 2 rings (SSSR count). The van der Waals surface area contributed by atoms with E-state index < -0.39 is 5.97 Å². The number of aliphatic carboxylic acids is 1. The molecule has 0 saturated carbocycles. The largest absolute Gasteiger partial charge is 0.478 e. The summed E-state index contributed by atoms with van der Waals surface area (Å²) < 4.78 is 0. The van der Waals surface area contributed by atoms with Gasteiger partial charge in [0.05, 0.1) is 0 Å². The lowest BCUT2D eigenvalue weighted by molar-refractivity contribution is -0.131. The Kier molecular flexibility index (Phi) is 4.74. The second-order valence-corrected chi connectivity index (χ2v) is 5.09. The highest BCUT2D eigenvalue weighted by atomic mass is 16.4. The smallest absolute Gasteiger partial charge is 0.328 e. The van der Waals surface area contributed by atoms with Crippen LogP contribution in [0.4, 0.5) is 0 Å². The van der Waals surface area contributed by atoms with Gasteiger partial charge in [-0.1, -0.05) is 36.8 Å². The molecule has 0 atom stereocenters. The number of carboxylic acids is 1. The number of benzene rings is 1. The predicted molar refractivity (Wildman–Crippen MR) is 76.0 cm³/mol. The van der Waals surface area contributed by atoms with Crippen LogP contribution in [-0.2, 0) is 17.8 Å². The fourth-order valence-corrected chi connectivity index (χ4v) is 2.46. The fourth-order valence-electron chi connectivity index (χ4n) is 2.46. The molecule has 1 aromatic carbocycles. The molecule has 1 N–H and O–H groups in total. The first-order chi connectivity index (χ1) is 9.17. The van der Waals surface area contributed by atoms with Gasteiger partial charge in [-0.2, -0.15) is 0 Å². The summed E-state index contributed by atoms with van der Waals surface area (Å²) in [6.07, 6.45) is 4.19. The van der Waals surface area contributed by atoms with Crippen LogP contribution in [0.25, 0.3) is 0 Å². The lowest BCUT2D eigenvalue weighted by atomic mass is 10.0. The van der Waals surface area contributed by atoms with E-state index in [1.807, 2.05) is 0 Å². The van der Waals surface area contributed by atoms with Gasteiger partial charge >= 0.3 is 5.97 Å². The second-order valence-electron chi connectivity index (χ2n) is 5.09. The van der Waals surface area contributed by atoms with Crippen molar-refractivity contribution in [3.63, 3.8) is 0 Å². The van der Waals surface area contributed by atoms with E-state index in [1.165, 1.54) is 17.2 Å². The van der Waals surface area contributed by atoms with E-state index in [0.29, 0.717) is 0 Å². The molecule has 0 radical (unpaired) electrons. The molecule has 0 amide bonds. The summed E-state index contributed by atoms with van der Waals surface area (Å²) in [5, 5.41) is 8.73. The number of carbonyl (C=O) groups is 1. The molecule has 1 fully saturated rings. The van der Waals surface area contributed by atoms with E-state index in [9.17, 15) is 4.79 Å². The molecular weight excluding hydrogens is 238 g/mol. The van der Waals surface area contributed by atoms with Crippen LogP contribution in [0.1, 0.15) is 30.9 Å². The molecule has 1 aromatic rings. The van der Waals surface area contributed by atoms with E-state index in [4.69, 9.17) is 5.11 Å². The fraction of sp³-hybridized carbons (Fsp3) is 0.438. The summed E-state index contributed by atoms with van der Waals surface area (Å²) in [5.41, 5.74) is 3.77. The van der Waals surface area contributed by atoms with Gasteiger partial charge < -0.3 is 5.11 Å². The molecule has 1 saturated heterocycles. The van der Waals surface area contributed by atoms with Crippen LogP contribution in [0.5, 0.6) is 0 Å². The van der Waals surface area contributed by atoms with Crippen molar-refractivity contribution in [1.29, 1.82) is 0 Å². The van der Waals surface area contributed by atoms with Gasteiger partial charge in [0.1, 0.15) is 0 Å². The van der Waals surface area contributed by atoms with Crippen molar-refractivity contribution in [1.82, 2.24) is 4.90 Å². The zero-order valence-corrected chi connectivity index (χ0v) is 11.4. The standard InChI is InChI=1S/C16H21NO2/c1-2-13-3-5-15(6-4-13)12-17-9-7-14(8-10-17)11-16(18)19/h3-6,11H,2,7-10,12H2,1H3,(H,18,19). The van der Waals surface area contributed by atoms with Gasteiger partial charge in [-0.25, -0.2) is 4.79 Å². The van der Waals surface area contributed by atoms with Crippen molar-refractivity contribution in [2.75, 3.05) is 13.1 Å². The molecule has 1 aliphatic heterocycles. The van der Waals surface area contributed by atoms with Crippen molar-refractivity contribution in [3.8, 4) is 0 Å². The Labute approximate surface area is 114 Å². The van der Waals surface area contributed by atoms with Crippen molar-refractivity contribution in [3.05, 3.63) is 47.0 Å². The zero-order valence-electron chi connectivity index (χ0n) is 11.4. The van der Waals surface area contributed by atoms with Gasteiger partial charge in [-0.3, -0.25) is 4.90 Å². The summed E-state index contributed by atoms with van der Waals surface area (Å²) in [5.74, 6) is -0.821. The number of aryl methyl sites for hydroxylation is 1. The van der Waals surface area contributed by atoms with E-state index in [2.05, 4.69) is 36.1 Å². The maximum Gasteiger partial charge on any atom is 0.328 e. The predicted octanol–water partition coefficient (Wildman–Crippen LogP) is 2.86. The summed E-state index contributed by atoms with van der Waals surface area (Å²) >= 11 is 0. The number of carboxylic acid groups (broad SMARTS) is 1. The summed E-state index contributed by atoms with van der Waals surface area (Å²) in [7, 11) is 0. The Morgan fingerprint density at radius 3 is 2.32 bits per heavy atom. The van der Waals surface area contributed by atoms with Gasteiger partial charge in [0, 0.05) is 25.7 Å². The SMILES string of the molecule is CCc1ccc(CN2CCC(=CC(=O)O)CC2)cc1. The monoisotopic (exact) mass is 259 g/mol. The van der Waals surface area contributed by atoms with Crippen LogP contribution in [0.2, 0.25) is 0 Å². The zero-order chi connectivity index (χ0) is 13.7. The first-order valence-electron chi connectivity index (χ1n) is 6.90. The maximum absolute atomic E-state index is 10.6. The molecule has 102 valence electrons. The molecule has 1 aliphatic rings. The van der Waals surface area contributed by atoms with Gasteiger partial charge in [0.15, 0.2) is 0 Å². The first-order valence-corrected chi connectivity index (χ1v) is 6.90. The minimum atomic E-state index is -0.821. The van der Waals surface area contributed by atoms with Crippen LogP contribution >= 0.6 is 0 Å². The Bertz CT molecular complexity index is 452. The number of nitrogens with zero attached hydrogens (tertiary/aromatic N) is 1.